The molecule has 0 amide bonds. The van der Waals surface area contributed by atoms with E-state index in [1.54, 1.807) is 0 Å². The normalized spacial score (nSPS) is 13.8. The zero-order valence-corrected chi connectivity index (χ0v) is 8.17. The molecule has 1 unspecified atom stereocenters. The predicted octanol–water partition coefficient (Wildman–Crippen LogP) is 2.50. The van der Waals surface area contributed by atoms with Crippen molar-refractivity contribution < 1.29 is 0 Å². The Kier molecular flexibility index (Phi) is 5.90. The van der Waals surface area contributed by atoms with Gasteiger partial charge in [-0.05, 0) is 19.8 Å². The van der Waals surface area contributed by atoms with E-state index in [4.69, 9.17) is 0 Å². The maximum Gasteiger partial charge on any atom is 0.0439 e. The quantitative estimate of drug-likeness (QED) is 0.441. The molecule has 0 bridgehead atoms. The second kappa shape index (κ2) is 6.20. The van der Waals surface area contributed by atoms with E-state index in [0.29, 0.717) is 6.04 Å². The Labute approximate surface area is 70.3 Å². The van der Waals surface area contributed by atoms with Crippen molar-refractivity contribution >= 4 is 6.21 Å². The van der Waals surface area contributed by atoms with Crippen LogP contribution >= 0.6 is 0 Å². The molecule has 0 aromatic carbocycles. The summed E-state index contributed by atoms with van der Waals surface area (Å²) in [6.07, 6.45) is 5.42. The Morgan fingerprint density at radius 3 is 2.55 bits per heavy atom. The molecule has 0 aliphatic heterocycles. The molecular weight excluding hydrogens is 136 g/mol. The van der Waals surface area contributed by atoms with Gasteiger partial charge in [0, 0.05) is 19.3 Å². The standard InChI is InChI=1S/C9H20N2/c1-5-7-9(3)11(4)10-8-6-2/h8-9H,5-7H2,1-4H3/b10-8-. The third kappa shape index (κ3) is 4.82. The van der Waals surface area contributed by atoms with Gasteiger partial charge in [0.05, 0.1) is 0 Å². The van der Waals surface area contributed by atoms with Gasteiger partial charge in [-0.2, -0.15) is 5.10 Å². The molecule has 0 spiro atoms. The summed E-state index contributed by atoms with van der Waals surface area (Å²) < 4.78 is 0. The molecule has 0 fully saturated rings. The SMILES string of the molecule is CC/C=N\N(C)C(C)CCC. The first-order valence-corrected chi connectivity index (χ1v) is 4.47. The molecule has 0 N–H and O–H groups in total. The van der Waals surface area contributed by atoms with Gasteiger partial charge in [-0.25, -0.2) is 0 Å². The maximum atomic E-state index is 4.27. The summed E-state index contributed by atoms with van der Waals surface area (Å²) in [6.45, 7) is 6.51. The molecule has 11 heavy (non-hydrogen) atoms. The number of hydrazone groups is 1. The zero-order valence-electron chi connectivity index (χ0n) is 8.17. The molecule has 1 atom stereocenters. The molecule has 0 saturated heterocycles. The van der Waals surface area contributed by atoms with E-state index in [2.05, 4.69) is 25.9 Å². The molecule has 0 heterocycles. The Hall–Kier alpha value is -0.530. The van der Waals surface area contributed by atoms with Crippen molar-refractivity contribution in [2.45, 2.75) is 46.1 Å². The third-order valence-electron chi connectivity index (χ3n) is 1.79. The second-order valence-electron chi connectivity index (χ2n) is 2.92. The highest BCUT2D eigenvalue weighted by Crippen LogP contribution is 2.03. The lowest BCUT2D eigenvalue weighted by atomic mass is 10.2. The van der Waals surface area contributed by atoms with Crippen LogP contribution in [-0.2, 0) is 0 Å². The number of nitrogens with zero attached hydrogens (tertiary/aromatic N) is 2. The summed E-state index contributed by atoms with van der Waals surface area (Å²) >= 11 is 0. The van der Waals surface area contributed by atoms with Gasteiger partial charge in [0.2, 0.25) is 0 Å². The van der Waals surface area contributed by atoms with Crippen molar-refractivity contribution in [1.82, 2.24) is 5.01 Å². The average Bonchev–Trinajstić information content (AvgIpc) is 2.00. The summed E-state index contributed by atoms with van der Waals surface area (Å²) in [7, 11) is 2.03. The molecule has 0 saturated carbocycles. The zero-order chi connectivity index (χ0) is 8.69. The largest absolute Gasteiger partial charge is 0.298 e. The van der Waals surface area contributed by atoms with Gasteiger partial charge in [-0.15, -0.1) is 0 Å². The highest BCUT2D eigenvalue weighted by molar-refractivity contribution is 5.56. The van der Waals surface area contributed by atoms with Gasteiger partial charge in [0.15, 0.2) is 0 Å². The Bertz CT molecular complexity index is 110. The minimum atomic E-state index is 0.572. The van der Waals surface area contributed by atoms with Crippen molar-refractivity contribution in [2.75, 3.05) is 7.05 Å². The van der Waals surface area contributed by atoms with Gasteiger partial charge < -0.3 is 0 Å². The summed E-state index contributed by atoms with van der Waals surface area (Å²) in [5.74, 6) is 0. The van der Waals surface area contributed by atoms with Crippen molar-refractivity contribution in [2.24, 2.45) is 5.10 Å². The molecule has 2 nitrogen and oxygen atoms in total. The van der Waals surface area contributed by atoms with Crippen LogP contribution in [0.1, 0.15) is 40.0 Å². The molecule has 66 valence electrons. The van der Waals surface area contributed by atoms with Crippen molar-refractivity contribution in [3.05, 3.63) is 0 Å². The minimum Gasteiger partial charge on any atom is -0.298 e. The first kappa shape index (κ1) is 10.5. The highest BCUT2D eigenvalue weighted by atomic mass is 15.4. The van der Waals surface area contributed by atoms with Crippen molar-refractivity contribution in [3.63, 3.8) is 0 Å². The lowest BCUT2D eigenvalue weighted by Crippen LogP contribution is -2.23. The molecule has 0 rings (SSSR count). The van der Waals surface area contributed by atoms with Crippen LogP contribution in [0.3, 0.4) is 0 Å². The Morgan fingerprint density at radius 2 is 2.09 bits per heavy atom. The summed E-state index contributed by atoms with van der Waals surface area (Å²) in [6, 6.07) is 0.572. The van der Waals surface area contributed by atoms with E-state index < -0.39 is 0 Å². The second-order valence-corrected chi connectivity index (χ2v) is 2.92. The molecule has 0 radical (unpaired) electrons. The van der Waals surface area contributed by atoms with Crippen molar-refractivity contribution in [1.29, 1.82) is 0 Å². The van der Waals surface area contributed by atoms with E-state index in [-0.39, 0.29) is 0 Å². The Balaban J connectivity index is 3.62. The first-order chi connectivity index (χ1) is 5.22. The molecule has 0 aromatic heterocycles. The maximum absolute atomic E-state index is 4.27. The predicted molar refractivity (Wildman–Crippen MR) is 50.9 cm³/mol. The fraction of sp³-hybridized carbons (Fsp3) is 0.889. The van der Waals surface area contributed by atoms with Gasteiger partial charge in [0.25, 0.3) is 0 Å². The van der Waals surface area contributed by atoms with Gasteiger partial charge in [-0.3, -0.25) is 5.01 Å². The molecule has 2 heteroatoms. The molecule has 0 aliphatic rings. The Morgan fingerprint density at radius 1 is 1.45 bits per heavy atom. The van der Waals surface area contributed by atoms with Crippen molar-refractivity contribution in [3.8, 4) is 0 Å². The van der Waals surface area contributed by atoms with E-state index in [0.717, 1.165) is 6.42 Å². The lowest BCUT2D eigenvalue weighted by molar-refractivity contribution is 0.257. The number of hydrogen-bond acceptors (Lipinski definition) is 2. The van der Waals surface area contributed by atoms with E-state index in [1.165, 1.54) is 12.8 Å². The number of hydrogen-bond donors (Lipinski definition) is 0. The topological polar surface area (TPSA) is 15.6 Å². The summed E-state index contributed by atoms with van der Waals surface area (Å²) in [4.78, 5) is 0. The van der Waals surface area contributed by atoms with Gasteiger partial charge >= 0.3 is 0 Å². The van der Waals surface area contributed by atoms with Gasteiger partial charge in [-0.1, -0.05) is 20.3 Å². The van der Waals surface area contributed by atoms with Crippen LogP contribution in [0.2, 0.25) is 0 Å². The lowest BCUT2D eigenvalue weighted by Gasteiger charge is -2.20. The third-order valence-corrected chi connectivity index (χ3v) is 1.79. The van der Waals surface area contributed by atoms with E-state index in [9.17, 15) is 0 Å². The smallest absolute Gasteiger partial charge is 0.0439 e. The van der Waals surface area contributed by atoms with Crippen LogP contribution in [0.25, 0.3) is 0 Å². The molecule has 0 aliphatic carbocycles. The summed E-state index contributed by atoms with van der Waals surface area (Å²) in [5, 5.41) is 6.30. The average molecular weight is 156 g/mol. The first-order valence-electron chi connectivity index (χ1n) is 4.47. The fourth-order valence-corrected chi connectivity index (χ4v) is 0.929. The minimum absolute atomic E-state index is 0.572. The molecular formula is C9H20N2. The van der Waals surface area contributed by atoms with Crippen LogP contribution in [0.15, 0.2) is 5.10 Å². The van der Waals surface area contributed by atoms with Gasteiger partial charge in [0.1, 0.15) is 0 Å². The number of rotatable bonds is 5. The highest BCUT2D eigenvalue weighted by Gasteiger charge is 2.02. The van der Waals surface area contributed by atoms with Crippen LogP contribution in [0.4, 0.5) is 0 Å². The fourth-order valence-electron chi connectivity index (χ4n) is 0.929. The monoisotopic (exact) mass is 156 g/mol. The van der Waals surface area contributed by atoms with E-state index >= 15 is 0 Å². The van der Waals surface area contributed by atoms with Crippen LogP contribution in [0, 0.1) is 0 Å². The van der Waals surface area contributed by atoms with E-state index in [1.807, 2.05) is 18.3 Å². The summed E-state index contributed by atoms with van der Waals surface area (Å²) in [5.41, 5.74) is 0. The van der Waals surface area contributed by atoms with Crippen LogP contribution < -0.4 is 0 Å². The van der Waals surface area contributed by atoms with Crippen LogP contribution in [0.5, 0.6) is 0 Å². The van der Waals surface area contributed by atoms with Crippen LogP contribution in [-0.4, -0.2) is 24.3 Å². The molecule has 0 aromatic rings.